The third-order valence-electron chi connectivity index (χ3n) is 4.29. The topological polar surface area (TPSA) is 63.2 Å². The monoisotopic (exact) mass is 361 g/mol. The van der Waals surface area contributed by atoms with Crippen molar-refractivity contribution in [2.45, 2.75) is 13.3 Å². The molecule has 27 heavy (non-hydrogen) atoms. The Bertz CT molecular complexity index is 907. The van der Waals surface area contributed by atoms with Crippen molar-refractivity contribution in [3.05, 3.63) is 83.6 Å². The van der Waals surface area contributed by atoms with Gasteiger partial charge in [-0.05, 0) is 54.8 Å². The van der Waals surface area contributed by atoms with Crippen LogP contribution >= 0.6 is 0 Å². The molecule has 0 bridgehead atoms. The van der Waals surface area contributed by atoms with E-state index in [2.05, 4.69) is 15.6 Å². The Morgan fingerprint density at radius 2 is 1.85 bits per heavy atom. The molecule has 1 aromatic heterocycles. The SMILES string of the molecule is COc1ccc(CCNC(=O)c2ccnc(Nc3ccccc3C)c2)cc1. The number of carbonyl (C=O) groups is 1. The van der Waals surface area contributed by atoms with E-state index in [0.29, 0.717) is 17.9 Å². The molecule has 0 saturated carbocycles. The molecule has 1 amide bonds. The first-order valence-electron chi connectivity index (χ1n) is 8.85. The molecule has 0 saturated heterocycles. The summed E-state index contributed by atoms with van der Waals surface area (Å²) in [6.45, 7) is 2.59. The molecule has 0 fully saturated rings. The van der Waals surface area contributed by atoms with Gasteiger partial charge in [-0.1, -0.05) is 30.3 Å². The number of methoxy groups -OCH3 is 1. The van der Waals surface area contributed by atoms with Crippen LogP contribution in [0.1, 0.15) is 21.5 Å². The minimum Gasteiger partial charge on any atom is -0.497 e. The molecule has 3 rings (SSSR count). The van der Waals surface area contributed by atoms with Crippen LogP contribution in [0.3, 0.4) is 0 Å². The first kappa shape index (κ1) is 18.5. The fraction of sp³-hybridized carbons (Fsp3) is 0.182. The number of rotatable bonds is 7. The normalized spacial score (nSPS) is 10.3. The van der Waals surface area contributed by atoms with E-state index in [9.17, 15) is 4.79 Å². The zero-order valence-electron chi connectivity index (χ0n) is 15.5. The summed E-state index contributed by atoms with van der Waals surface area (Å²) in [6, 6.07) is 19.3. The maximum absolute atomic E-state index is 12.4. The first-order valence-corrected chi connectivity index (χ1v) is 8.85. The standard InChI is InChI=1S/C22H23N3O2/c1-16-5-3-4-6-20(16)25-21-15-18(12-14-23-21)22(26)24-13-11-17-7-9-19(27-2)10-8-17/h3-10,12,14-15H,11,13H2,1-2H3,(H,23,25)(H,24,26). The Labute approximate surface area is 159 Å². The van der Waals surface area contributed by atoms with Gasteiger partial charge in [-0.2, -0.15) is 0 Å². The summed E-state index contributed by atoms with van der Waals surface area (Å²) < 4.78 is 5.15. The van der Waals surface area contributed by atoms with Gasteiger partial charge >= 0.3 is 0 Å². The van der Waals surface area contributed by atoms with Crippen molar-refractivity contribution in [2.75, 3.05) is 19.0 Å². The van der Waals surface area contributed by atoms with E-state index in [-0.39, 0.29) is 5.91 Å². The van der Waals surface area contributed by atoms with Crippen LogP contribution in [0.2, 0.25) is 0 Å². The van der Waals surface area contributed by atoms with E-state index in [1.54, 1.807) is 25.4 Å². The van der Waals surface area contributed by atoms with E-state index in [0.717, 1.165) is 29.0 Å². The number of hydrogen-bond donors (Lipinski definition) is 2. The highest BCUT2D eigenvalue weighted by Gasteiger charge is 2.07. The van der Waals surface area contributed by atoms with E-state index >= 15 is 0 Å². The molecule has 0 atom stereocenters. The van der Waals surface area contributed by atoms with Gasteiger partial charge in [0.2, 0.25) is 0 Å². The zero-order valence-corrected chi connectivity index (χ0v) is 15.5. The van der Waals surface area contributed by atoms with Crippen molar-refractivity contribution >= 4 is 17.4 Å². The number of anilines is 2. The minimum absolute atomic E-state index is 0.112. The second kappa shape index (κ2) is 8.85. The van der Waals surface area contributed by atoms with Crippen LogP contribution in [-0.4, -0.2) is 24.5 Å². The Hall–Kier alpha value is -3.34. The van der Waals surface area contributed by atoms with Crippen molar-refractivity contribution in [3.63, 3.8) is 0 Å². The summed E-state index contributed by atoms with van der Waals surface area (Å²) in [4.78, 5) is 16.7. The van der Waals surface area contributed by atoms with E-state index in [4.69, 9.17) is 4.74 Å². The fourth-order valence-corrected chi connectivity index (χ4v) is 2.71. The molecule has 0 aliphatic heterocycles. The summed E-state index contributed by atoms with van der Waals surface area (Å²) in [5.74, 6) is 1.36. The highest BCUT2D eigenvalue weighted by atomic mass is 16.5. The summed E-state index contributed by atoms with van der Waals surface area (Å²) >= 11 is 0. The van der Waals surface area contributed by atoms with Crippen molar-refractivity contribution in [3.8, 4) is 5.75 Å². The lowest BCUT2D eigenvalue weighted by molar-refractivity contribution is 0.0954. The van der Waals surface area contributed by atoms with Gasteiger partial charge in [0.15, 0.2) is 0 Å². The van der Waals surface area contributed by atoms with Gasteiger partial charge in [0.05, 0.1) is 7.11 Å². The van der Waals surface area contributed by atoms with Crippen molar-refractivity contribution in [2.24, 2.45) is 0 Å². The van der Waals surface area contributed by atoms with Crippen molar-refractivity contribution in [1.82, 2.24) is 10.3 Å². The van der Waals surface area contributed by atoms with Gasteiger partial charge in [-0.3, -0.25) is 4.79 Å². The van der Waals surface area contributed by atoms with Crippen LogP contribution < -0.4 is 15.4 Å². The molecule has 2 aromatic carbocycles. The lowest BCUT2D eigenvalue weighted by Crippen LogP contribution is -2.25. The van der Waals surface area contributed by atoms with Crippen LogP contribution in [0, 0.1) is 6.92 Å². The smallest absolute Gasteiger partial charge is 0.251 e. The molecular formula is C22H23N3O2. The third kappa shape index (κ3) is 5.07. The zero-order chi connectivity index (χ0) is 19.1. The highest BCUT2D eigenvalue weighted by molar-refractivity contribution is 5.94. The number of aryl methyl sites for hydroxylation is 1. The lowest BCUT2D eigenvalue weighted by Gasteiger charge is -2.10. The Morgan fingerprint density at radius 1 is 1.07 bits per heavy atom. The van der Waals surface area contributed by atoms with Gasteiger partial charge in [-0.15, -0.1) is 0 Å². The first-order chi connectivity index (χ1) is 13.2. The Morgan fingerprint density at radius 3 is 2.59 bits per heavy atom. The third-order valence-corrected chi connectivity index (χ3v) is 4.29. The van der Waals surface area contributed by atoms with E-state index < -0.39 is 0 Å². The van der Waals surface area contributed by atoms with E-state index in [1.807, 2.05) is 55.5 Å². The van der Waals surface area contributed by atoms with Gasteiger partial charge in [0.25, 0.3) is 5.91 Å². The molecule has 0 aliphatic rings. The van der Waals surface area contributed by atoms with Crippen LogP contribution in [0.15, 0.2) is 66.9 Å². The van der Waals surface area contributed by atoms with Gasteiger partial charge in [-0.25, -0.2) is 4.98 Å². The number of hydrogen-bond acceptors (Lipinski definition) is 4. The summed E-state index contributed by atoms with van der Waals surface area (Å²) in [6.07, 6.45) is 2.40. The van der Waals surface area contributed by atoms with Gasteiger partial charge in [0.1, 0.15) is 11.6 Å². The maximum Gasteiger partial charge on any atom is 0.251 e. The summed E-state index contributed by atoms with van der Waals surface area (Å²) in [7, 11) is 1.65. The minimum atomic E-state index is -0.112. The van der Waals surface area contributed by atoms with Gasteiger partial charge in [0, 0.05) is 24.0 Å². The molecule has 138 valence electrons. The quantitative estimate of drug-likeness (QED) is 0.665. The molecule has 2 N–H and O–H groups in total. The summed E-state index contributed by atoms with van der Waals surface area (Å²) in [5.41, 5.74) is 3.82. The molecule has 5 heteroatoms. The Balaban J connectivity index is 1.57. The number of aromatic nitrogens is 1. The number of carbonyl (C=O) groups excluding carboxylic acids is 1. The van der Waals surface area contributed by atoms with Crippen LogP contribution in [-0.2, 0) is 6.42 Å². The van der Waals surface area contributed by atoms with Crippen LogP contribution in [0.5, 0.6) is 5.75 Å². The molecule has 0 spiro atoms. The Kier molecular flexibility index (Phi) is 6.05. The highest BCUT2D eigenvalue weighted by Crippen LogP contribution is 2.19. The molecule has 3 aromatic rings. The van der Waals surface area contributed by atoms with Crippen molar-refractivity contribution in [1.29, 1.82) is 0 Å². The maximum atomic E-state index is 12.4. The number of ether oxygens (including phenoxy) is 1. The van der Waals surface area contributed by atoms with Crippen LogP contribution in [0.25, 0.3) is 0 Å². The number of amides is 1. The summed E-state index contributed by atoms with van der Waals surface area (Å²) in [5, 5.41) is 6.21. The van der Waals surface area contributed by atoms with Crippen LogP contribution in [0.4, 0.5) is 11.5 Å². The average molecular weight is 361 g/mol. The lowest BCUT2D eigenvalue weighted by atomic mass is 10.1. The second-order valence-electron chi connectivity index (χ2n) is 6.22. The fourth-order valence-electron chi connectivity index (χ4n) is 2.71. The molecule has 0 unspecified atom stereocenters. The molecule has 0 aliphatic carbocycles. The molecule has 1 heterocycles. The molecule has 5 nitrogen and oxygen atoms in total. The predicted octanol–water partition coefficient (Wildman–Crippen LogP) is 4.11. The van der Waals surface area contributed by atoms with E-state index in [1.165, 1.54) is 0 Å². The number of para-hydroxylation sites is 1. The van der Waals surface area contributed by atoms with Crippen molar-refractivity contribution < 1.29 is 9.53 Å². The number of benzene rings is 2. The average Bonchev–Trinajstić information content (AvgIpc) is 2.70. The van der Waals surface area contributed by atoms with Gasteiger partial charge < -0.3 is 15.4 Å². The second-order valence-corrected chi connectivity index (χ2v) is 6.22. The largest absolute Gasteiger partial charge is 0.497 e. The molecular weight excluding hydrogens is 338 g/mol. The molecule has 0 radical (unpaired) electrons. The number of nitrogens with zero attached hydrogens (tertiary/aromatic N) is 1. The number of nitrogens with one attached hydrogen (secondary N) is 2. The number of pyridine rings is 1. The predicted molar refractivity (Wildman–Crippen MR) is 108 cm³/mol.